The van der Waals surface area contributed by atoms with E-state index in [1.807, 2.05) is 29.2 Å². The predicted molar refractivity (Wildman–Crippen MR) is 106 cm³/mol. The quantitative estimate of drug-likeness (QED) is 0.821. The van der Waals surface area contributed by atoms with E-state index in [1.54, 1.807) is 0 Å². The van der Waals surface area contributed by atoms with Gasteiger partial charge in [-0.15, -0.1) is 24.8 Å². The van der Waals surface area contributed by atoms with Gasteiger partial charge in [-0.3, -0.25) is 9.69 Å². The van der Waals surface area contributed by atoms with Crippen molar-refractivity contribution in [2.75, 3.05) is 38.5 Å². The van der Waals surface area contributed by atoms with Crippen molar-refractivity contribution < 1.29 is 4.79 Å². The van der Waals surface area contributed by atoms with Crippen LogP contribution in [-0.2, 0) is 11.2 Å². The third-order valence-electron chi connectivity index (χ3n) is 4.24. The Morgan fingerprint density at radius 2 is 1.58 bits per heavy atom. The van der Waals surface area contributed by atoms with Crippen molar-refractivity contribution in [2.45, 2.75) is 33.6 Å². The zero-order valence-corrected chi connectivity index (χ0v) is 16.6. The third-order valence-corrected chi connectivity index (χ3v) is 4.24. The highest BCUT2D eigenvalue weighted by molar-refractivity contribution is 5.85. The Morgan fingerprint density at radius 1 is 1.04 bits per heavy atom. The molecule has 0 radical (unpaired) electrons. The molecular weight excluding hydrogens is 345 g/mol. The topological polar surface area (TPSA) is 49.6 Å². The average Bonchev–Trinajstić information content (AvgIpc) is 2.47. The molecule has 0 unspecified atom stereocenters. The lowest BCUT2D eigenvalue weighted by molar-refractivity contribution is -0.132. The van der Waals surface area contributed by atoms with Gasteiger partial charge in [-0.2, -0.15) is 0 Å². The Morgan fingerprint density at radius 3 is 2.08 bits per heavy atom. The first-order chi connectivity index (χ1) is 10.3. The number of halogens is 2. The van der Waals surface area contributed by atoms with Gasteiger partial charge in [0.1, 0.15) is 0 Å². The summed E-state index contributed by atoms with van der Waals surface area (Å²) in [6, 6.07) is 7.58. The second-order valence-electron chi connectivity index (χ2n) is 7.45. The largest absolute Gasteiger partial charge is 0.399 e. The number of nitrogens with two attached hydrogens (primary N) is 1. The highest BCUT2D eigenvalue weighted by atomic mass is 35.5. The number of anilines is 1. The van der Waals surface area contributed by atoms with Gasteiger partial charge in [-0.1, -0.05) is 32.9 Å². The van der Waals surface area contributed by atoms with Crippen molar-refractivity contribution in [3.8, 4) is 0 Å². The van der Waals surface area contributed by atoms with Crippen LogP contribution in [0.3, 0.4) is 0 Å². The van der Waals surface area contributed by atoms with Crippen molar-refractivity contribution in [2.24, 2.45) is 5.41 Å². The summed E-state index contributed by atoms with van der Waals surface area (Å²) < 4.78 is 0. The Labute approximate surface area is 158 Å². The van der Waals surface area contributed by atoms with Gasteiger partial charge in [0.2, 0.25) is 5.91 Å². The minimum absolute atomic E-state index is 0. The predicted octanol–water partition coefficient (Wildman–Crippen LogP) is 3.24. The number of benzene rings is 1. The normalized spacial score (nSPS) is 15.4. The van der Waals surface area contributed by atoms with E-state index in [4.69, 9.17) is 5.73 Å². The smallest absolute Gasteiger partial charge is 0.227 e. The number of nitrogens with zero attached hydrogens (tertiary/aromatic N) is 2. The van der Waals surface area contributed by atoms with Crippen molar-refractivity contribution in [1.29, 1.82) is 0 Å². The first-order valence-electron chi connectivity index (χ1n) is 8.18. The fourth-order valence-corrected chi connectivity index (χ4v) is 2.64. The van der Waals surface area contributed by atoms with Crippen LogP contribution >= 0.6 is 24.8 Å². The van der Waals surface area contributed by atoms with Gasteiger partial charge in [-0.05, 0) is 36.1 Å². The number of carbonyl (C=O) groups is 1. The number of hydrogen-bond acceptors (Lipinski definition) is 3. The summed E-state index contributed by atoms with van der Waals surface area (Å²) in [7, 11) is 0. The first kappa shape index (κ1) is 23.0. The summed E-state index contributed by atoms with van der Waals surface area (Å²) in [6.45, 7) is 11.6. The molecule has 1 amide bonds. The van der Waals surface area contributed by atoms with Crippen LogP contribution in [0.5, 0.6) is 0 Å². The van der Waals surface area contributed by atoms with E-state index in [1.165, 1.54) is 6.42 Å². The second kappa shape index (κ2) is 10.1. The molecule has 0 aromatic heterocycles. The molecule has 1 aromatic rings. The standard InChI is InChI=1S/C18H29N3O.2ClH/c1-18(2,3)8-9-20-10-12-21(13-11-20)17(22)14-15-4-6-16(19)7-5-15;;/h4-7H,8-14,19H2,1-3H3;2*1H. The van der Waals surface area contributed by atoms with Crippen LogP contribution in [0.25, 0.3) is 0 Å². The summed E-state index contributed by atoms with van der Waals surface area (Å²) in [5.41, 5.74) is 7.83. The minimum Gasteiger partial charge on any atom is -0.399 e. The Kier molecular flexibility index (Phi) is 9.71. The fourth-order valence-electron chi connectivity index (χ4n) is 2.64. The number of piperazine rings is 1. The average molecular weight is 376 g/mol. The number of rotatable bonds is 4. The van der Waals surface area contributed by atoms with Crippen molar-refractivity contribution in [3.63, 3.8) is 0 Å². The molecule has 0 bridgehead atoms. The molecule has 24 heavy (non-hydrogen) atoms. The van der Waals surface area contributed by atoms with Crippen LogP contribution in [0.4, 0.5) is 5.69 Å². The van der Waals surface area contributed by atoms with Crippen molar-refractivity contribution >= 4 is 36.4 Å². The molecule has 2 N–H and O–H groups in total. The monoisotopic (exact) mass is 375 g/mol. The third kappa shape index (κ3) is 7.73. The molecule has 0 saturated carbocycles. The molecule has 1 aliphatic heterocycles. The lowest BCUT2D eigenvalue weighted by Crippen LogP contribution is -2.49. The maximum Gasteiger partial charge on any atom is 0.227 e. The summed E-state index contributed by atoms with van der Waals surface area (Å²) in [6.07, 6.45) is 1.68. The highest BCUT2D eigenvalue weighted by Gasteiger charge is 2.22. The van der Waals surface area contributed by atoms with E-state index in [9.17, 15) is 4.79 Å². The molecule has 1 aromatic carbocycles. The fraction of sp³-hybridized carbons (Fsp3) is 0.611. The van der Waals surface area contributed by atoms with E-state index < -0.39 is 0 Å². The lowest BCUT2D eigenvalue weighted by Gasteiger charge is -2.36. The van der Waals surface area contributed by atoms with Crippen LogP contribution in [-0.4, -0.2) is 48.4 Å². The van der Waals surface area contributed by atoms with E-state index in [-0.39, 0.29) is 30.7 Å². The Balaban J connectivity index is 0.00000264. The van der Waals surface area contributed by atoms with Gasteiger partial charge in [0.25, 0.3) is 0 Å². The Bertz CT molecular complexity index is 492. The van der Waals surface area contributed by atoms with E-state index in [0.29, 0.717) is 11.8 Å². The molecule has 0 aliphatic carbocycles. The molecule has 138 valence electrons. The number of hydrogen-bond donors (Lipinski definition) is 1. The Hall–Kier alpha value is -0.970. The van der Waals surface area contributed by atoms with Crippen LogP contribution < -0.4 is 5.73 Å². The van der Waals surface area contributed by atoms with Crippen LogP contribution in [0.1, 0.15) is 32.8 Å². The van der Waals surface area contributed by atoms with Crippen LogP contribution in [0.15, 0.2) is 24.3 Å². The first-order valence-corrected chi connectivity index (χ1v) is 8.18. The van der Waals surface area contributed by atoms with Gasteiger partial charge >= 0.3 is 0 Å². The molecule has 1 saturated heterocycles. The van der Waals surface area contributed by atoms with E-state index in [2.05, 4.69) is 25.7 Å². The zero-order valence-electron chi connectivity index (χ0n) is 15.0. The van der Waals surface area contributed by atoms with Crippen molar-refractivity contribution in [3.05, 3.63) is 29.8 Å². The number of nitrogen functional groups attached to an aromatic ring is 1. The highest BCUT2D eigenvalue weighted by Crippen LogP contribution is 2.19. The van der Waals surface area contributed by atoms with Gasteiger partial charge in [0, 0.05) is 31.9 Å². The van der Waals surface area contributed by atoms with Gasteiger partial charge in [0.15, 0.2) is 0 Å². The summed E-state index contributed by atoms with van der Waals surface area (Å²) in [4.78, 5) is 16.8. The molecular formula is C18H31Cl2N3O. The lowest BCUT2D eigenvalue weighted by atomic mass is 9.92. The molecule has 2 rings (SSSR count). The minimum atomic E-state index is 0. The van der Waals surface area contributed by atoms with E-state index >= 15 is 0 Å². The van der Waals surface area contributed by atoms with Gasteiger partial charge in [0.05, 0.1) is 6.42 Å². The summed E-state index contributed by atoms with van der Waals surface area (Å²) >= 11 is 0. The maximum absolute atomic E-state index is 12.4. The summed E-state index contributed by atoms with van der Waals surface area (Å²) in [5.74, 6) is 0.222. The zero-order chi connectivity index (χ0) is 16.2. The molecule has 0 atom stereocenters. The molecule has 6 heteroatoms. The number of amides is 1. The van der Waals surface area contributed by atoms with Crippen molar-refractivity contribution in [1.82, 2.24) is 9.80 Å². The van der Waals surface area contributed by atoms with Gasteiger partial charge in [-0.25, -0.2) is 0 Å². The van der Waals surface area contributed by atoms with Crippen LogP contribution in [0.2, 0.25) is 0 Å². The SMILES string of the molecule is CC(C)(C)CCN1CCN(C(=O)Cc2ccc(N)cc2)CC1.Cl.Cl. The molecule has 1 aliphatic rings. The van der Waals surface area contributed by atoms with Gasteiger partial charge < -0.3 is 10.6 Å². The molecule has 0 spiro atoms. The number of carbonyl (C=O) groups excluding carboxylic acids is 1. The molecule has 1 fully saturated rings. The van der Waals surface area contributed by atoms with E-state index in [0.717, 1.165) is 44.0 Å². The van der Waals surface area contributed by atoms with Crippen LogP contribution in [0, 0.1) is 5.41 Å². The molecule has 4 nitrogen and oxygen atoms in total. The summed E-state index contributed by atoms with van der Waals surface area (Å²) in [5, 5.41) is 0. The second-order valence-corrected chi connectivity index (χ2v) is 7.45. The maximum atomic E-state index is 12.4. The molecule has 1 heterocycles.